The van der Waals surface area contributed by atoms with E-state index in [9.17, 15) is 4.39 Å². The average Bonchev–Trinajstić information content (AvgIpc) is 2.90. The Morgan fingerprint density at radius 3 is 2.37 bits per heavy atom. The third kappa shape index (κ3) is 3.61. The summed E-state index contributed by atoms with van der Waals surface area (Å²) in [5.74, 6) is 0.227. The van der Waals surface area contributed by atoms with E-state index in [1.165, 1.54) is 12.1 Å². The lowest BCUT2D eigenvalue weighted by Crippen LogP contribution is -2.28. The first-order chi connectivity index (χ1) is 9.08. The van der Waals surface area contributed by atoms with E-state index in [1.54, 1.807) is 11.3 Å². The van der Waals surface area contributed by atoms with Gasteiger partial charge in [0.25, 0.3) is 0 Å². The van der Waals surface area contributed by atoms with Crippen molar-refractivity contribution in [2.75, 3.05) is 0 Å². The van der Waals surface area contributed by atoms with Crippen molar-refractivity contribution in [1.82, 2.24) is 10.3 Å². The van der Waals surface area contributed by atoms with E-state index in [1.807, 2.05) is 17.6 Å². The first-order valence-corrected chi connectivity index (χ1v) is 7.42. The van der Waals surface area contributed by atoms with E-state index >= 15 is 0 Å². The van der Waals surface area contributed by atoms with Gasteiger partial charge in [0, 0.05) is 17.5 Å². The molecule has 4 heteroatoms. The van der Waals surface area contributed by atoms with Crippen LogP contribution in [0.4, 0.5) is 4.39 Å². The summed E-state index contributed by atoms with van der Waals surface area (Å²) >= 11 is 1.60. The molecule has 2 rings (SSSR count). The van der Waals surface area contributed by atoms with Gasteiger partial charge in [0.05, 0.1) is 11.2 Å². The molecule has 0 amide bonds. The van der Waals surface area contributed by atoms with Crippen molar-refractivity contribution in [2.45, 2.75) is 32.9 Å². The monoisotopic (exact) mass is 278 g/mol. The Labute approximate surface area is 117 Å². The van der Waals surface area contributed by atoms with Crippen LogP contribution in [0.2, 0.25) is 0 Å². The zero-order valence-corrected chi connectivity index (χ0v) is 12.2. The highest BCUT2D eigenvalue weighted by Gasteiger charge is 2.19. The van der Waals surface area contributed by atoms with Crippen LogP contribution in [0.15, 0.2) is 35.2 Å². The molecule has 0 saturated heterocycles. The van der Waals surface area contributed by atoms with Gasteiger partial charge in [-0.2, -0.15) is 0 Å². The molecule has 2 atom stereocenters. The normalized spacial score (nSPS) is 14.6. The van der Waals surface area contributed by atoms with Crippen LogP contribution in [0.5, 0.6) is 0 Å². The molecule has 0 fully saturated rings. The number of nitrogens with zero attached hydrogens (tertiary/aromatic N) is 1. The van der Waals surface area contributed by atoms with Crippen molar-refractivity contribution in [3.63, 3.8) is 0 Å². The van der Waals surface area contributed by atoms with Crippen LogP contribution in [-0.4, -0.2) is 4.98 Å². The first-order valence-electron chi connectivity index (χ1n) is 6.47. The fourth-order valence-electron chi connectivity index (χ4n) is 2.13. The Bertz CT molecular complexity index is 493. The van der Waals surface area contributed by atoms with Gasteiger partial charge in [-0.1, -0.05) is 26.0 Å². The van der Waals surface area contributed by atoms with E-state index in [4.69, 9.17) is 0 Å². The van der Waals surface area contributed by atoms with Crippen molar-refractivity contribution < 1.29 is 4.39 Å². The molecule has 1 heterocycles. The molecule has 0 aliphatic heterocycles. The zero-order chi connectivity index (χ0) is 13.8. The lowest BCUT2D eigenvalue weighted by molar-refractivity contribution is 0.371. The van der Waals surface area contributed by atoms with Crippen molar-refractivity contribution in [3.05, 3.63) is 52.2 Å². The van der Waals surface area contributed by atoms with Gasteiger partial charge in [0.2, 0.25) is 0 Å². The predicted octanol–water partition coefficient (Wildman–Crippen LogP) is 4.33. The molecule has 2 aromatic rings. The molecule has 0 aliphatic carbocycles. The molecular weight excluding hydrogens is 259 g/mol. The molecule has 1 N–H and O–H groups in total. The molecule has 2 unspecified atom stereocenters. The van der Waals surface area contributed by atoms with E-state index < -0.39 is 0 Å². The van der Waals surface area contributed by atoms with Crippen molar-refractivity contribution in [2.24, 2.45) is 5.92 Å². The Kier molecular flexibility index (Phi) is 4.66. The summed E-state index contributed by atoms with van der Waals surface area (Å²) in [5.41, 5.74) is 4.01. The van der Waals surface area contributed by atoms with Gasteiger partial charge in [-0.3, -0.25) is 0 Å². The fourth-order valence-corrected chi connectivity index (χ4v) is 2.78. The van der Waals surface area contributed by atoms with Crippen molar-refractivity contribution >= 4 is 11.3 Å². The van der Waals surface area contributed by atoms with Gasteiger partial charge in [-0.15, -0.1) is 11.3 Å². The molecule has 0 saturated carbocycles. The second kappa shape index (κ2) is 6.26. The molecule has 0 spiro atoms. The van der Waals surface area contributed by atoms with E-state index in [0.717, 1.165) is 11.3 Å². The molecule has 2 nitrogen and oxygen atoms in total. The molecular formula is C15H19FN2S. The minimum absolute atomic E-state index is 0.184. The number of hydrogen-bond donors (Lipinski definition) is 1. The van der Waals surface area contributed by atoms with Crippen molar-refractivity contribution in [3.8, 4) is 0 Å². The largest absolute Gasteiger partial charge is 0.302 e. The smallest absolute Gasteiger partial charge is 0.123 e. The van der Waals surface area contributed by atoms with Crippen LogP contribution in [0.25, 0.3) is 0 Å². The lowest BCUT2D eigenvalue weighted by atomic mass is 9.95. The third-order valence-electron chi connectivity index (χ3n) is 3.22. The van der Waals surface area contributed by atoms with Crippen LogP contribution >= 0.6 is 11.3 Å². The summed E-state index contributed by atoms with van der Waals surface area (Å²) in [6.07, 6.45) is 0. The predicted molar refractivity (Wildman–Crippen MR) is 77.6 cm³/mol. The SMILES string of the molecule is CC(NC(c1ccc(F)cc1)C(C)C)c1cscn1. The standard InChI is InChI=1S/C15H19FN2S/c1-10(2)15(12-4-6-13(16)7-5-12)18-11(3)14-8-19-9-17-14/h4-11,15,18H,1-3H3. The summed E-state index contributed by atoms with van der Waals surface area (Å²) < 4.78 is 13.0. The summed E-state index contributed by atoms with van der Waals surface area (Å²) in [5, 5.41) is 5.63. The molecule has 0 bridgehead atoms. The summed E-state index contributed by atoms with van der Waals surface area (Å²) in [6, 6.07) is 7.10. The zero-order valence-electron chi connectivity index (χ0n) is 11.4. The number of hydrogen-bond acceptors (Lipinski definition) is 3. The van der Waals surface area contributed by atoms with Crippen LogP contribution in [0.1, 0.15) is 44.1 Å². The summed E-state index contributed by atoms with van der Waals surface area (Å²) in [6.45, 7) is 6.43. The maximum Gasteiger partial charge on any atom is 0.123 e. The number of nitrogens with one attached hydrogen (secondary N) is 1. The van der Waals surface area contributed by atoms with Gasteiger partial charge in [0.1, 0.15) is 5.82 Å². The summed E-state index contributed by atoms with van der Waals surface area (Å²) in [4.78, 5) is 4.33. The quantitative estimate of drug-likeness (QED) is 0.880. The van der Waals surface area contributed by atoms with Gasteiger partial charge >= 0.3 is 0 Å². The average molecular weight is 278 g/mol. The van der Waals surface area contributed by atoms with E-state index in [2.05, 4.69) is 36.5 Å². The summed E-state index contributed by atoms with van der Waals surface area (Å²) in [7, 11) is 0. The second-order valence-electron chi connectivity index (χ2n) is 5.07. The Morgan fingerprint density at radius 1 is 1.16 bits per heavy atom. The Balaban J connectivity index is 2.14. The van der Waals surface area contributed by atoms with Crippen LogP contribution < -0.4 is 5.32 Å². The van der Waals surface area contributed by atoms with E-state index in [-0.39, 0.29) is 17.9 Å². The molecule has 19 heavy (non-hydrogen) atoms. The van der Waals surface area contributed by atoms with Gasteiger partial charge in [0.15, 0.2) is 0 Å². The highest BCUT2D eigenvalue weighted by atomic mass is 32.1. The number of thiazole rings is 1. The van der Waals surface area contributed by atoms with E-state index in [0.29, 0.717) is 5.92 Å². The second-order valence-corrected chi connectivity index (χ2v) is 5.79. The van der Waals surface area contributed by atoms with Crippen LogP contribution in [-0.2, 0) is 0 Å². The lowest BCUT2D eigenvalue weighted by Gasteiger charge is -2.26. The van der Waals surface area contributed by atoms with Crippen LogP contribution in [0.3, 0.4) is 0 Å². The Hall–Kier alpha value is -1.26. The molecule has 102 valence electrons. The highest BCUT2D eigenvalue weighted by Crippen LogP contribution is 2.25. The van der Waals surface area contributed by atoms with Gasteiger partial charge < -0.3 is 5.32 Å². The number of rotatable bonds is 5. The highest BCUT2D eigenvalue weighted by molar-refractivity contribution is 7.07. The minimum Gasteiger partial charge on any atom is -0.302 e. The van der Waals surface area contributed by atoms with Crippen LogP contribution in [0, 0.1) is 11.7 Å². The molecule has 0 aliphatic rings. The maximum absolute atomic E-state index is 13.0. The first kappa shape index (κ1) is 14.2. The fraction of sp³-hybridized carbons (Fsp3) is 0.400. The van der Waals surface area contributed by atoms with Crippen molar-refractivity contribution in [1.29, 1.82) is 0 Å². The third-order valence-corrected chi connectivity index (χ3v) is 3.83. The Morgan fingerprint density at radius 2 is 1.84 bits per heavy atom. The number of aromatic nitrogens is 1. The maximum atomic E-state index is 13.0. The van der Waals surface area contributed by atoms with Gasteiger partial charge in [-0.05, 0) is 30.5 Å². The molecule has 0 radical (unpaired) electrons. The molecule has 1 aromatic heterocycles. The number of benzene rings is 1. The number of halogens is 1. The van der Waals surface area contributed by atoms with Gasteiger partial charge in [-0.25, -0.2) is 9.37 Å². The topological polar surface area (TPSA) is 24.9 Å². The molecule has 1 aromatic carbocycles. The minimum atomic E-state index is -0.196.